The van der Waals surface area contributed by atoms with Gasteiger partial charge in [-0.3, -0.25) is 12.2 Å². The van der Waals surface area contributed by atoms with Crippen LogP contribution >= 0.6 is 0 Å². The minimum atomic E-state index is -8.60. The molecule has 0 heterocycles. The first-order valence-corrected chi connectivity index (χ1v) is 17.8. The Kier molecular flexibility index (Phi) is 17.6. The maximum absolute atomic E-state index is 13.9. The molecule has 67 heavy (non-hydrogen) atoms. The summed E-state index contributed by atoms with van der Waals surface area (Å²) < 4.78 is 448. The summed E-state index contributed by atoms with van der Waals surface area (Å²) in [7, 11) is -5.75. The van der Waals surface area contributed by atoms with Crippen molar-refractivity contribution in [3.63, 3.8) is 0 Å². The number of allylic oxidation sites excluding steroid dienone is 8. The molecule has 2 aliphatic rings. The van der Waals surface area contributed by atoms with Crippen LogP contribution in [0.2, 0.25) is 0 Å². The van der Waals surface area contributed by atoms with Gasteiger partial charge < -0.3 is 0 Å². The Bertz CT molecular complexity index is 1810. The third-order valence-electron chi connectivity index (χ3n) is 9.10. The molecule has 0 saturated heterocycles. The molecule has 0 unspecified atom stereocenters. The third kappa shape index (κ3) is 9.57. The third-order valence-corrected chi connectivity index (χ3v) is 12.0. The van der Waals surface area contributed by atoms with Crippen molar-refractivity contribution in [2.45, 2.75) is 135 Å². The van der Waals surface area contributed by atoms with E-state index in [0.29, 0.717) is 0 Å². The van der Waals surface area contributed by atoms with Crippen molar-refractivity contribution >= 4 is 19.0 Å². The summed E-state index contributed by atoms with van der Waals surface area (Å²) in [6.07, 6.45) is -12.2. The van der Waals surface area contributed by atoms with E-state index in [2.05, 4.69) is 0 Å². The van der Waals surface area contributed by atoms with Crippen molar-refractivity contribution in [2.24, 2.45) is 0 Å². The van der Waals surface area contributed by atoms with Gasteiger partial charge in [-0.05, 0) is 0 Å². The van der Waals surface area contributed by atoms with Crippen LogP contribution in [0.4, 0.5) is 149 Å². The molecule has 2 rings (SSSR count). The number of rotatable bonds is 16. The monoisotopic (exact) mass is 1170 g/mol. The van der Waals surface area contributed by atoms with E-state index in [1.165, 1.54) is 13.8 Å². The van der Waals surface area contributed by atoms with Crippen molar-refractivity contribution in [1.82, 2.24) is 0 Å². The molecule has 37 heteroatoms. The van der Waals surface area contributed by atoms with Gasteiger partial charge in [-0.15, -0.1) is 26.7 Å². The van der Waals surface area contributed by atoms with Crippen molar-refractivity contribution in [1.29, 1.82) is 0 Å². The molecule has 386 valence electrons. The topological polar surface area (TPSA) is 0 Å². The van der Waals surface area contributed by atoms with Gasteiger partial charge in [-0.25, -0.2) is 39.1 Å². The minimum Gasteiger partial charge on any atom is -0.273 e. The summed E-state index contributed by atoms with van der Waals surface area (Å²) in [5.74, 6) is -99.3. The molecule has 2 aliphatic carbocycles. The molecule has 0 atom stereocenters. The first-order valence-electron chi connectivity index (χ1n) is 15.8. The smallest absolute Gasteiger partial charge is 0.273 e. The summed E-state index contributed by atoms with van der Waals surface area (Å²) in [4.78, 5) is 0. The maximum Gasteiger partial charge on any atom is 2.00 e. The second-order valence-electron chi connectivity index (χ2n) is 13.6. The Labute approximate surface area is 374 Å². The van der Waals surface area contributed by atoms with Crippen molar-refractivity contribution in [3.8, 4) is 0 Å². The Morgan fingerprint density at radius 2 is 0.448 bits per heavy atom. The van der Waals surface area contributed by atoms with Crippen LogP contribution < -0.4 is 0 Å². The second-order valence-corrected chi connectivity index (χ2v) is 16.3. The van der Waals surface area contributed by atoms with Crippen LogP contribution in [0.1, 0.15) is 40.5 Å². The van der Waals surface area contributed by atoms with Crippen LogP contribution in [-0.4, -0.2) is 114 Å². The van der Waals surface area contributed by atoms with E-state index in [1.807, 2.05) is 12.2 Å². The molecule has 0 bridgehead atoms. The van der Waals surface area contributed by atoms with Crippen molar-refractivity contribution in [3.05, 3.63) is 44.8 Å². The van der Waals surface area contributed by atoms with Gasteiger partial charge in [0.15, 0.2) is 0 Å². The van der Waals surface area contributed by atoms with Crippen LogP contribution in [0.25, 0.3) is 0 Å². The summed E-state index contributed by atoms with van der Waals surface area (Å²) in [6.45, 7) is 4.41. The fraction of sp³-hybridized carbons (Fsp3) is 0.733. The number of hydrogen-bond acceptors (Lipinski definition) is 0. The zero-order valence-corrected chi connectivity index (χ0v) is 36.2. The number of halogens is 34. The molecular formula is C30H16F34Si2Zr. The van der Waals surface area contributed by atoms with Crippen LogP contribution in [-0.2, 0) is 26.2 Å². The summed E-state index contributed by atoms with van der Waals surface area (Å²) in [5, 5.41) is -1.87. The van der Waals surface area contributed by atoms with Crippen LogP contribution in [0, 0.1) is 12.2 Å². The summed E-state index contributed by atoms with van der Waals surface area (Å²) in [6, 6.07) is 0. The molecule has 0 nitrogen and oxygen atoms in total. The van der Waals surface area contributed by atoms with E-state index < -0.39 is 124 Å². The quantitative estimate of drug-likeness (QED) is 0.0821. The molecule has 0 N–H and O–H groups in total. The van der Waals surface area contributed by atoms with Crippen LogP contribution in [0.5, 0.6) is 0 Å². The normalized spacial score (nSPS) is 17.9. The molecule has 0 amide bonds. The van der Waals surface area contributed by atoms with E-state index >= 15 is 0 Å². The molecule has 4 radical (unpaired) electrons. The molecule has 0 aromatic rings. The number of hydrogen-bond donors (Lipinski definition) is 0. The fourth-order valence-corrected chi connectivity index (χ4v) is 6.88. The van der Waals surface area contributed by atoms with Gasteiger partial charge in [0, 0.05) is 0 Å². The van der Waals surface area contributed by atoms with Gasteiger partial charge in [-0.1, -0.05) is 13.8 Å². The maximum atomic E-state index is 13.9. The van der Waals surface area contributed by atoms with Crippen molar-refractivity contribution in [2.75, 3.05) is 0 Å². The Balaban J connectivity index is 0.00000128. The van der Waals surface area contributed by atoms with Gasteiger partial charge in [-0.2, -0.15) is 143 Å². The van der Waals surface area contributed by atoms with Gasteiger partial charge in [0.25, 0.3) is 11.1 Å². The van der Waals surface area contributed by atoms with E-state index in [9.17, 15) is 149 Å². The average Bonchev–Trinajstić information content (AvgIpc) is 3.59. The van der Waals surface area contributed by atoms with E-state index in [-0.39, 0.29) is 61.3 Å². The minimum absolute atomic E-state index is 0. The van der Waals surface area contributed by atoms with E-state index in [0.717, 1.165) is 13.8 Å². The predicted molar refractivity (Wildman–Crippen MR) is 152 cm³/mol. The zero-order valence-electron chi connectivity index (χ0n) is 31.8. The van der Waals surface area contributed by atoms with Gasteiger partial charge in [0.05, 0.1) is 0 Å². The van der Waals surface area contributed by atoms with Gasteiger partial charge >= 0.3 is 110 Å². The standard InChI is InChI=1S/2C15H8F17Si.Zr/c2*1-5-3-4-7(6(5)2)33-15(31,32)13(26,27)11(22,23)9(18,19)8(16,17)10(20,21)12(24,25)14(28,29)30;/h2*3H2,1-2H3;/q2*-1;+2. The molecule has 0 fully saturated rings. The molecule has 0 aliphatic heterocycles. The van der Waals surface area contributed by atoms with E-state index in [4.69, 9.17) is 0 Å². The Morgan fingerprint density at radius 3 is 0.597 bits per heavy atom. The van der Waals surface area contributed by atoms with Crippen molar-refractivity contribution < 1.29 is 175 Å². The van der Waals surface area contributed by atoms with Crippen LogP contribution in [0.3, 0.4) is 0 Å². The average molecular weight is 1170 g/mol. The fourth-order valence-electron chi connectivity index (χ4n) is 4.47. The second kappa shape index (κ2) is 18.2. The Hall–Kier alpha value is -2.10. The molecule has 0 aromatic carbocycles. The largest absolute Gasteiger partial charge is 2.00 e. The Morgan fingerprint density at radius 1 is 0.284 bits per heavy atom. The molecule has 0 saturated carbocycles. The summed E-state index contributed by atoms with van der Waals surface area (Å²) in [5.41, 5.74) is -12.9. The van der Waals surface area contributed by atoms with Gasteiger partial charge in [0.2, 0.25) is 0 Å². The summed E-state index contributed by atoms with van der Waals surface area (Å²) >= 11 is 0. The zero-order chi connectivity index (χ0) is 53.7. The first-order chi connectivity index (χ1) is 28.3. The first kappa shape index (κ1) is 64.9. The predicted octanol–water partition coefficient (Wildman–Crippen LogP) is 14.2. The SMILES string of the molecule is CC1=C(C)C([Si]C(F)(F)C(F)(F)C(F)(F)C(F)(F)C(F)(F)C(F)(F)C(F)(F)C(F)(F)F)=[C-]C1.CC1=C(C)C([Si]C(F)(F)C(F)(F)C(F)(F)C(F)(F)C(F)(F)C(F)(F)C(F)(F)C(F)(F)F)=[C-]C1.[Zr+2]. The van der Waals surface area contributed by atoms with E-state index in [1.54, 1.807) is 0 Å². The van der Waals surface area contributed by atoms with Gasteiger partial charge in [0.1, 0.15) is 19.0 Å². The molecular weight excluding hydrogens is 1150 g/mol. The van der Waals surface area contributed by atoms with Crippen LogP contribution in [0.15, 0.2) is 32.7 Å². The molecule has 0 aromatic heterocycles. The number of alkyl halides is 34. The molecule has 0 spiro atoms.